The largest absolute Gasteiger partial charge is 0.479 e. The van der Waals surface area contributed by atoms with Crippen LogP contribution < -0.4 is 16.0 Å². The van der Waals surface area contributed by atoms with E-state index in [1.807, 2.05) is 6.92 Å². The van der Waals surface area contributed by atoms with Gasteiger partial charge in [-0.05, 0) is 18.1 Å². The van der Waals surface area contributed by atoms with Crippen LogP contribution in [0, 0.1) is 10.1 Å². The molecule has 0 aliphatic carbocycles. The second-order valence-electron chi connectivity index (χ2n) is 3.85. The molecule has 0 aliphatic rings. The molecule has 3 N–H and O–H groups in total. The number of nitrogens with zero attached hydrogens (tertiary/aromatic N) is 3. The third-order valence-electron chi connectivity index (χ3n) is 2.57. The van der Waals surface area contributed by atoms with Crippen molar-refractivity contribution >= 4 is 22.2 Å². The lowest BCUT2D eigenvalue weighted by atomic mass is 10.1. The molecule has 0 bridgehead atoms. The smallest absolute Gasteiger partial charge is 0.311 e. The Kier molecular flexibility index (Phi) is 4.43. The van der Waals surface area contributed by atoms with E-state index >= 15 is 0 Å². The van der Waals surface area contributed by atoms with Gasteiger partial charge in [-0.15, -0.1) is 10.2 Å². The molecule has 0 fully saturated rings. The standard InChI is InChI=1S/C11H13N5O3S/c1-2-7-3-4-9(8(5-7)16(17)18)19-6-10-14-15-11(13-12)20-10/h3-5H,2,6,12H2,1H3,(H,13,15). The Morgan fingerprint density at radius 3 is 2.90 bits per heavy atom. The summed E-state index contributed by atoms with van der Waals surface area (Å²) < 4.78 is 5.44. The lowest BCUT2D eigenvalue weighted by Gasteiger charge is -2.06. The van der Waals surface area contributed by atoms with Gasteiger partial charge in [0.15, 0.2) is 10.8 Å². The molecule has 106 valence electrons. The van der Waals surface area contributed by atoms with Crippen molar-refractivity contribution < 1.29 is 9.66 Å². The van der Waals surface area contributed by atoms with E-state index in [4.69, 9.17) is 10.6 Å². The second kappa shape index (κ2) is 6.26. The topological polar surface area (TPSA) is 116 Å². The summed E-state index contributed by atoms with van der Waals surface area (Å²) in [6.45, 7) is 2.04. The first-order chi connectivity index (χ1) is 9.63. The quantitative estimate of drug-likeness (QED) is 0.474. The highest BCUT2D eigenvalue weighted by Gasteiger charge is 2.16. The number of nitro groups is 1. The predicted molar refractivity (Wildman–Crippen MR) is 74.5 cm³/mol. The number of benzene rings is 1. The number of hydrazine groups is 1. The van der Waals surface area contributed by atoms with E-state index in [-0.39, 0.29) is 18.0 Å². The zero-order chi connectivity index (χ0) is 14.5. The Labute approximate surface area is 118 Å². The minimum absolute atomic E-state index is 0.0500. The normalized spacial score (nSPS) is 10.3. The molecule has 1 aromatic heterocycles. The molecule has 0 spiro atoms. The van der Waals surface area contributed by atoms with Crippen LogP contribution in [0.25, 0.3) is 0 Å². The molecule has 8 nitrogen and oxygen atoms in total. The molecule has 1 heterocycles. The van der Waals surface area contributed by atoms with Crippen LogP contribution in [0.2, 0.25) is 0 Å². The highest BCUT2D eigenvalue weighted by molar-refractivity contribution is 7.15. The Morgan fingerprint density at radius 1 is 1.50 bits per heavy atom. The number of nitro benzene ring substituents is 1. The van der Waals surface area contributed by atoms with E-state index in [9.17, 15) is 10.1 Å². The SMILES string of the molecule is CCc1ccc(OCc2nnc(NN)s2)c([N+](=O)[O-])c1. The Balaban J connectivity index is 2.14. The fraction of sp³-hybridized carbons (Fsp3) is 0.273. The molecule has 9 heteroatoms. The van der Waals surface area contributed by atoms with Crippen molar-refractivity contribution in [2.24, 2.45) is 5.84 Å². The summed E-state index contributed by atoms with van der Waals surface area (Å²) >= 11 is 1.22. The molecule has 0 amide bonds. The molecule has 0 saturated carbocycles. The average molecular weight is 295 g/mol. The fourth-order valence-electron chi connectivity index (χ4n) is 1.56. The summed E-state index contributed by atoms with van der Waals surface area (Å²) in [4.78, 5) is 10.6. The number of ether oxygens (including phenoxy) is 1. The number of nitrogens with one attached hydrogen (secondary N) is 1. The van der Waals surface area contributed by atoms with Gasteiger partial charge in [-0.2, -0.15) is 0 Å². The molecule has 0 unspecified atom stereocenters. The highest BCUT2D eigenvalue weighted by Crippen LogP contribution is 2.29. The van der Waals surface area contributed by atoms with Crippen LogP contribution >= 0.6 is 11.3 Å². The van der Waals surface area contributed by atoms with Gasteiger partial charge in [0.1, 0.15) is 6.61 Å². The Bertz CT molecular complexity index is 616. The van der Waals surface area contributed by atoms with Crippen molar-refractivity contribution in [1.29, 1.82) is 0 Å². The van der Waals surface area contributed by atoms with Crippen LogP contribution in [0.4, 0.5) is 10.8 Å². The lowest BCUT2D eigenvalue weighted by molar-refractivity contribution is -0.386. The Morgan fingerprint density at radius 2 is 2.30 bits per heavy atom. The van der Waals surface area contributed by atoms with Gasteiger partial charge in [0, 0.05) is 6.07 Å². The van der Waals surface area contributed by atoms with Crippen molar-refractivity contribution in [3.63, 3.8) is 0 Å². The Hall–Kier alpha value is -2.26. The number of nitrogen functional groups attached to an aromatic ring is 1. The summed E-state index contributed by atoms with van der Waals surface area (Å²) in [6.07, 6.45) is 0.725. The van der Waals surface area contributed by atoms with Crippen molar-refractivity contribution in [3.8, 4) is 5.75 Å². The van der Waals surface area contributed by atoms with Gasteiger partial charge in [0.05, 0.1) is 4.92 Å². The van der Waals surface area contributed by atoms with Crippen molar-refractivity contribution in [3.05, 3.63) is 38.9 Å². The summed E-state index contributed by atoms with van der Waals surface area (Å²) in [6, 6.07) is 4.91. The molecule has 0 atom stereocenters. The summed E-state index contributed by atoms with van der Waals surface area (Å²) in [5.74, 6) is 5.41. The van der Waals surface area contributed by atoms with Crippen LogP contribution in [-0.4, -0.2) is 15.1 Å². The summed E-state index contributed by atoms with van der Waals surface area (Å²) in [5, 5.41) is 19.7. The number of aryl methyl sites for hydroxylation is 1. The van der Waals surface area contributed by atoms with E-state index in [2.05, 4.69) is 15.6 Å². The number of aromatic nitrogens is 2. The van der Waals surface area contributed by atoms with E-state index in [0.29, 0.717) is 10.1 Å². The monoisotopic (exact) mass is 295 g/mol. The lowest BCUT2D eigenvalue weighted by Crippen LogP contribution is -2.05. The highest BCUT2D eigenvalue weighted by atomic mass is 32.1. The van der Waals surface area contributed by atoms with Crippen LogP contribution in [0.5, 0.6) is 5.75 Å². The number of hydrogen-bond acceptors (Lipinski definition) is 8. The first kappa shape index (κ1) is 14.2. The van der Waals surface area contributed by atoms with Crippen molar-refractivity contribution in [2.45, 2.75) is 20.0 Å². The van der Waals surface area contributed by atoms with Gasteiger partial charge in [-0.3, -0.25) is 15.5 Å². The maximum absolute atomic E-state index is 11.0. The molecule has 1 aromatic carbocycles. The van der Waals surface area contributed by atoms with Gasteiger partial charge in [0.2, 0.25) is 5.13 Å². The third kappa shape index (κ3) is 3.19. The average Bonchev–Trinajstić information content (AvgIpc) is 2.92. The minimum atomic E-state index is -0.457. The predicted octanol–water partition coefficient (Wildman–Crippen LogP) is 1.87. The third-order valence-corrected chi connectivity index (χ3v) is 3.40. The zero-order valence-corrected chi connectivity index (χ0v) is 11.5. The molecule has 0 aliphatic heterocycles. The number of rotatable bonds is 6. The molecule has 0 saturated heterocycles. The zero-order valence-electron chi connectivity index (χ0n) is 10.7. The molecule has 2 rings (SSSR count). The van der Waals surface area contributed by atoms with Crippen LogP contribution in [0.3, 0.4) is 0 Å². The van der Waals surface area contributed by atoms with Gasteiger partial charge >= 0.3 is 5.69 Å². The van der Waals surface area contributed by atoms with Gasteiger partial charge in [-0.1, -0.05) is 24.3 Å². The maximum atomic E-state index is 11.0. The molecular formula is C11H13N5O3S. The van der Waals surface area contributed by atoms with Crippen LogP contribution in [-0.2, 0) is 13.0 Å². The summed E-state index contributed by atoms with van der Waals surface area (Å²) in [7, 11) is 0. The number of nitrogens with two attached hydrogens (primary N) is 1. The first-order valence-electron chi connectivity index (χ1n) is 5.83. The van der Waals surface area contributed by atoms with E-state index < -0.39 is 4.92 Å². The van der Waals surface area contributed by atoms with Gasteiger partial charge in [0.25, 0.3) is 0 Å². The minimum Gasteiger partial charge on any atom is -0.479 e. The van der Waals surface area contributed by atoms with E-state index in [1.165, 1.54) is 17.4 Å². The van der Waals surface area contributed by atoms with Crippen LogP contribution in [0.15, 0.2) is 18.2 Å². The number of hydrogen-bond donors (Lipinski definition) is 2. The van der Waals surface area contributed by atoms with Crippen molar-refractivity contribution in [2.75, 3.05) is 5.43 Å². The van der Waals surface area contributed by atoms with Crippen molar-refractivity contribution in [1.82, 2.24) is 10.2 Å². The van der Waals surface area contributed by atoms with E-state index in [1.54, 1.807) is 12.1 Å². The second-order valence-corrected chi connectivity index (χ2v) is 4.91. The fourth-order valence-corrected chi connectivity index (χ4v) is 2.12. The molecule has 0 radical (unpaired) electrons. The molecule has 2 aromatic rings. The first-order valence-corrected chi connectivity index (χ1v) is 6.64. The summed E-state index contributed by atoms with van der Waals surface area (Å²) in [5.41, 5.74) is 3.21. The van der Waals surface area contributed by atoms with Crippen LogP contribution in [0.1, 0.15) is 17.5 Å². The number of anilines is 1. The van der Waals surface area contributed by atoms with E-state index in [0.717, 1.165) is 12.0 Å². The van der Waals surface area contributed by atoms with Gasteiger partial charge in [-0.25, -0.2) is 5.84 Å². The van der Waals surface area contributed by atoms with Gasteiger partial charge < -0.3 is 4.74 Å². The molecule has 20 heavy (non-hydrogen) atoms. The maximum Gasteiger partial charge on any atom is 0.311 e. The molecular weight excluding hydrogens is 282 g/mol.